The summed E-state index contributed by atoms with van der Waals surface area (Å²) >= 11 is 0. The van der Waals surface area contributed by atoms with E-state index >= 15 is 0 Å². The van der Waals surface area contributed by atoms with Crippen molar-refractivity contribution in [3.8, 4) is 5.75 Å². The molecule has 0 aliphatic carbocycles. The molecule has 1 aliphatic heterocycles. The average Bonchev–Trinajstić information content (AvgIpc) is 2.83. The molecule has 0 saturated carbocycles. The number of carbonyl (C=O) groups excluding carboxylic acids is 3. The third-order valence-electron chi connectivity index (χ3n) is 6.34. The minimum Gasteiger partial charge on any atom is -0.491 e. The standard InChI is InChI=1S/C27H35N3O5/c1-18-15-30(20(3)31)19(2)17-35-24-14-22(28-26(32)13-21-9-7-6-8-10-21)11-12-23(24)27(33)29(4)16-25(18)34-5/h6-12,14,18-19,25H,13,15-17H2,1-5H3,(H,28,32)/t18-,19-,25-/m0/s1. The third kappa shape index (κ3) is 6.82. The maximum Gasteiger partial charge on any atom is 0.257 e. The van der Waals surface area contributed by atoms with E-state index in [2.05, 4.69) is 5.32 Å². The van der Waals surface area contributed by atoms with Gasteiger partial charge >= 0.3 is 0 Å². The van der Waals surface area contributed by atoms with Gasteiger partial charge in [0.1, 0.15) is 12.4 Å². The fourth-order valence-electron chi connectivity index (χ4n) is 4.27. The van der Waals surface area contributed by atoms with Gasteiger partial charge in [-0.05, 0) is 24.6 Å². The van der Waals surface area contributed by atoms with Crippen molar-refractivity contribution in [3.63, 3.8) is 0 Å². The van der Waals surface area contributed by atoms with E-state index in [1.54, 1.807) is 49.1 Å². The maximum atomic E-state index is 13.3. The highest BCUT2D eigenvalue weighted by atomic mass is 16.5. The Kier molecular flexibility index (Phi) is 8.87. The molecule has 0 bridgehead atoms. The molecule has 0 saturated heterocycles. The molecule has 3 atom stereocenters. The molecule has 0 unspecified atom stereocenters. The molecule has 1 heterocycles. The molecule has 1 aliphatic rings. The SMILES string of the molecule is CO[C@H]1CN(C)C(=O)c2ccc(NC(=O)Cc3ccccc3)cc2OC[C@H](C)N(C(C)=O)C[C@@H]1C. The summed E-state index contributed by atoms with van der Waals surface area (Å²) in [5.74, 6) is -0.0414. The van der Waals surface area contributed by atoms with Gasteiger partial charge in [0.2, 0.25) is 11.8 Å². The smallest absolute Gasteiger partial charge is 0.257 e. The van der Waals surface area contributed by atoms with Gasteiger partial charge in [0.25, 0.3) is 5.91 Å². The molecule has 0 aromatic heterocycles. The van der Waals surface area contributed by atoms with Crippen LogP contribution < -0.4 is 10.1 Å². The van der Waals surface area contributed by atoms with Gasteiger partial charge in [-0.2, -0.15) is 0 Å². The normalized spacial score (nSPS) is 21.3. The van der Waals surface area contributed by atoms with Crippen LogP contribution in [0.1, 0.15) is 36.7 Å². The summed E-state index contributed by atoms with van der Waals surface area (Å²) in [6, 6.07) is 14.3. The van der Waals surface area contributed by atoms with Crippen LogP contribution in [0.25, 0.3) is 0 Å². The second-order valence-electron chi connectivity index (χ2n) is 9.19. The largest absolute Gasteiger partial charge is 0.491 e. The van der Waals surface area contributed by atoms with Crippen molar-refractivity contribution in [3.05, 3.63) is 59.7 Å². The first-order valence-electron chi connectivity index (χ1n) is 11.9. The molecule has 8 heteroatoms. The van der Waals surface area contributed by atoms with Crippen molar-refractivity contribution < 1.29 is 23.9 Å². The van der Waals surface area contributed by atoms with Crippen LogP contribution >= 0.6 is 0 Å². The molecule has 0 radical (unpaired) electrons. The van der Waals surface area contributed by atoms with Gasteiger partial charge in [0.05, 0.1) is 24.1 Å². The fourth-order valence-corrected chi connectivity index (χ4v) is 4.27. The van der Waals surface area contributed by atoms with Crippen LogP contribution in [-0.2, 0) is 20.7 Å². The van der Waals surface area contributed by atoms with E-state index in [1.165, 1.54) is 0 Å². The summed E-state index contributed by atoms with van der Waals surface area (Å²) in [6.07, 6.45) is 0.0000990. The molecule has 1 N–H and O–H groups in total. The van der Waals surface area contributed by atoms with Crippen molar-refractivity contribution in [2.24, 2.45) is 5.92 Å². The second-order valence-corrected chi connectivity index (χ2v) is 9.19. The number of hydrogen-bond donors (Lipinski definition) is 1. The maximum absolute atomic E-state index is 13.3. The number of rotatable bonds is 4. The van der Waals surface area contributed by atoms with Gasteiger partial charge in [0.15, 0.2) is 0 Å². The van der Waals surface area contributed by atoms with Crippen LogP contribution in [0.3, 0.4) is 0 Å². The molecule has 8 nitrogen and oxygen atoms in total. The first-order chi connectivity index (χ1) is 16.7. The Labute approximate surface area is 207 Å². The topological polar surface area (TPSA) is 88.2 Å². The van der Waals surface area contributed by atoms with Crippen molar-refractivity contribution >= 4 is 23.4 Å². The summed E-state index contributed by atoms with van der Waals surface area (Å²) in [7, 11) is 3.34. The molecule has 188 valence electrons. The summed E-state index contributed by atoms with van der Waals surface area (Å²) in [5, 5.41) is 2.88. The zero-order valence-corrected chi connectivity index (χ0v) is 21.1. The summed E-state index contributed by atoms with van der Waals surface area (Å²) in [6.45, 7) is 6.53. The lowest BCUT2D eigenvalue weighted by Gasteiger charge is -2.35. The van der Waals surface area contributed by atoms with E-state index in [1.807, 2.05) is 44.2 Å². The first-order valence-corrected chi connectivity index (χ1v) is 11.9. The van der Waals surface area contributed by atoms with Crippen LogP contribution in [-0.4, -0.2) is 73.5 Å². The number of carbonyl (C=O) groups is 3. The number of benzene rings is 2. The monoisotopic (exact) mass is 481 g/mol. The molecule has 2 aromatic rings. The zero-order valence-electron chi connectivity index (χ0n) is 21.1. The highest BCUT2D eigenvalue weighted by molar-refractivity contribution is 5.98. The fraction of sp³-hybridized carbons (Fsp3) is 0.444. The molecule has 2 aromatic carbocycles. The lowest BCUT2D eigenvalue weighted by Crippen LogP contribution is -2.48. The summed E-state index contributed by atoms with van der Waals surface area (Å²) in [5.41, 5.74) is 1.83. The number of anilines is 1. The van der Waals surface area contributed by atoms with Crippen LogP contribution in [0, 0.1) is 5.92 Å². The van der Waals surface area contributed by atoms with E-state index < -0.39 is 0 Å². The van der Waals surface area contributed by atoms with E-state index in [9.17, 15) is 14.4 Å². The minimum atomic E-state index is -0.238. The van der Waals surface area contributed by atoms with E-state index in [-0.39, 0.29) is 48.8 Å². The van der Waals surface area contributed by atoms with E-state index in [0.717, 1.165) is 5.56 Å². The van der Waals surface area contributed by atoms with Gasteiger partial charge < -0.3 is 24.6 Å². The summed E-state index contributed by atoms with van der Waals surface area (Å²) < 4.78 is 11.8. The second kappa shape index (κ2) is 11.8. The Morgan fingerprint density at radius 3 is 2.49 bits per heavy atom. The Morgan fingerprint density at radius 2 is 1.83 bits per heavy atom. The average molecular weight is 482 g/mol. The first kappa shape index (κ1) is 26.2. The third-order valence-corrected chi connectivity index (χ3v) is 6.34. The van der Waals surface area contributed by atoms with Crippen molar-refractivity contribution in [1.29, 1.82) is 0 Å². The number of ether oxygens (including phenoxy) is 2. The van der Waals surface area contributed by atoms with Crippen LogP contribution in [0.5, 0.6) is 5.75 Å². The van der Waals surface area contributed by atoms with E-state index in [4.69, 9.17) is 9.47 Å². The molecule has 35 heavy (non-hydrogen) atoms. The van der Waals surface area contributed by atoms with E-state index in [0.29, 0.717) is 30.1 Å². The van der Waals surface area contributed by atoms with Crippen LogP contribution in [0.2, 0.25) is 0 Å². The van der Waals surface area contributed by atoms with Crippen LogP contribution in [0.15, 0.2) is 48.5 Å². The number of hydrogen-bond acceptors (Lipinski definition) is 5. The van der Waals surface area contributed by atoms with Crippen molar-refractivity contribution in [1.82, 2.24) is 9.80 Å². The van der Waals surface area contributed by atoms with Gasteiger partial charge in [-0.3, -0.25) is 14.4 Å². The highest BCUT2D eigenvalue weighted by Gasteiger charge is 2.29. The quantitative estimate of drug-likeness (QED) is 0.725. The van der Waals surface area contributed by atoms with Crippen molar-refractivity contribution in [2.45, 2.75) is 39.3 Å². The summed E-state index contributed by atoms with van der Waals surface area (Å²) in [4.78, 5) is 41.6. The zero-order chi connectivity index (χ0) is 25.5. The number of nitrogens with zero attached hydrogens (tertiary/aromatic N) is 2. The van der Waals surface area contributed by atoms with Gasteiger partial charge in [0, 0.05) is 51.8 Å². The van der Waals surface area contributed by atoms with Gasteiger partial charge in [-0.1, -0.05) is 37.3 Å². The van der Waals surface area contributed by atoms with Gasteiger partial charge in [-0.15, -0.1) is 0 Å². The molecular formula is C27H35N3O5. The van der Waals surface area contributed by atoms with Crippen molar-refractivity contribution in [2.75, 3.05) is 39.2 Å². The minimum absolute atomic E-state index is 0.0164. The Bertz CT molecular complexity index is 1040. The predicted octanol–water partition coefficient (Wildman–Crippen LogP) is 3.22. The molecule has 3 amide bonds. The lowest BCUT2D eigenvalue weighted by molar-refractivity contribution is -0.133. The Morgan fingerprint density at radius 1 is 1.11 bits per heavy atom. The molecular weight excluding hydrogens is 446 g/mol. The highest BCUT2D eigenvalue weighted by Crippen LogP contribution is 2.27. The Hall–Kier alpha value is -3.39. The number of methoxy groups -OCH3 is 1. The molecule has 3 rings (SSSR count). The molecule has 0 spiro atoms. The Balaban J connectivity index is 1.88. The number of amides is 3. The predicted molar refractivity (Wildman–Crippen MR) is 134 cm³/mol. The number of nitrogens with one attached hydrogen (secondary N) is 1. The number of likely N-dealkylation sites (N-methyl/N-ethyl adjacent to an activating group) is 1. The van der Waals surface area contributed by atoms with Gasteiger partial charge in [-0.25, -0.2) is 0 Å². The molecule has 0 fully saturated rings. The van der Waals surface area contributed by atoms with Crippen LogP contribution in [0.4, 0.5) is 5.69 Å². The number of fused-ring (bicyclic) bond motifs is 1. The lowest BCUT2D eigenvalue weighted by atomic mass is 10.0.